The van der Waals surface area contributed by atoms with E-state index in [0.29, 0.717) is 0 Å². The summed E-state index contributed by atoms with van der Waals surface area (Å²) in [5.74, 6) is -1.34. The van der Waals surface area contributed by atoms with Gasteiger partial charge in [-0.2, -0.15) is 0 Å². The van der Waals surface area contributed by atoms with Crippen molar-refractivity contribution in [3.8, 4) is 0 Å². The number of hydrogen-bond acceptors (Lipinski definition) is 3. The first-order chi connectivity index (χ1) is 4.63. The fraction of sp³-hybridized carbons (Fsp3) is 0.833. The molecule has 1 aliphatic carbocycles. The first-order valence-electron chi connectivity index (χ1n) is 3.22. The standard InChI is InChI=1S/C6H10O4/c7-4(3-1-2-3)5(8)6(9)10/h3-5,7-8H,1-2H2,(H,9,10)/t4-,5?/m0/s1. The first-order valence-corrected chi connectivity index (χ1v) is 3.22. The van der Waals surface area contributed by atoms with Crippen molar-refractivity contribution < 1.29 is 20.1 Å². The molecule has 1 unspecified atom stereocenters. The Hall–Kier alpha value is -0.610. The van der Waals surface area contributed by atoms with Gasteiger partial charge in [-0.05, 0) is 18.8 Å². The molecule has 1 saturated carbocycles. The van der Waals surface area contributed by atoms with Gasteiger partial charge < -0.3 is 15.3 Å². The van der Waals surface area contributed by atoms with E-state index in [1.165, 1.54) is 0 Å². The van der Waals surface area contributed by atoms with E-state index in [1.54, 1.807) is 0 Å². The molecule has 0 aromatic rings. The Bertz CT molecular complexity index is 141. The molecule has 1 aliphatic rings. The molecule has 3 N–H and O–H groups in total. The van der Waals surface area contributed by atoms with Crippen LogP contribution in [0.3, 0.4) is 0 Å². The number of aliphatic hydroxyl groups is 2. The summed E-state index contributed by atoms with van der Waals surface area (Å²) in [5.41, 5.74) is 0. The molecule has 0 saturated heterocycles. The van der Waals surface area contributed by atoms with Gasteiger partial charge >= 0.3 is 5.97 Å². The second-order valence-electron chi connectivity index (χ2n) is 2.61. The van der Waals surface area contributed by atoms with Crippen molar-refractivity contribution in [1.29, 1.82) is 0 Å². The van der Waals surface area contributed by atoms with Crippen LogP contribution in [0.2, 0.25) is 0 Å². The molecule has 4 heteroatoms. The molecule has 1 rings (SSSR count). The molecule has 0 amide bonds. The molecule has 58 valence electrons. The minimum absolute atomic E-state index is 0.00565. The third kappa shape index (κ3) is 1.46. The van der Waals surface area contributed by atoms with Crippen molar-refractivity contribution in [1.82, 2.24) is 0 Å². The summed E-state index contributed by atoms with van der Waals surface area (Å²) >= 11 is 0. The Kier molecular flexibility index (Phi) is 1.92. The monoisotopic (exact) mass is 146 g/mol. The molecule has 0 aromatic heterocycles. The second-order valence-corrected chi connectivity index (χ2v) is 2.61. The largest absolute Gasteiger partial charge is 0.479 e. The van der Waals surface area contributed by atoms with Crippen LogP contribution in [0.25, 0.3) is 0 Å². The van der Waals surface area contributed by atoms with E-state index in [9.17, 15) is 4.79 Å². The summed E-state index contributed by atoms with van der Waals surface area (Å²) in [6.45, 7) is 0. The van der Waals surface area contributed by atoms with Gasteiger partial charge in [0, 0.05) is 0 Å². The highest BCUT2D eigenvalue weighted by molar-refractivity contribution is 5.72. The van der Waals surface area contributed by atoms with Gasteiger partial charge in [0.15, 0.2) is 6.10 Å². The molecule has 0 aliphatic heterocycles. The highest BCUT2D eigenvalue weighted by atomic mass is 16.4. The van der Waals surface area contributed by atoms with Crippen molar-refractivity contribution in [2.24, 2.45) is 5.92 Å². The van der Waals surface area contributed by atoms with Gasteiger partial charge in [-0.3, -0.25) is 0 Å². The molecule has 0 bridgehead atoms. The number of hydrogen-bond donors (Lipinski definition) is 3. The van der Waals surface area contributed by atoms with Gasteiger partial charge in [-0.15, -0.1) is 0 Å². The minimum atomic E-state index is -1.60. The fourth-order valence-corrected chi connectivity index (χ4v) is 0.842. The molecule has 0 radical (unpaired) electrons. The fourth-order valence-electron chi connectivity index (χ4n) is 0.842. The average Bonchev–Trinajstić information content (AvgIpc) is 2.65. The zero-order chi connectivity index (χ0) is 7.72. The van der Waals surface area contributed by atoms with E-state index in [-0.39, 0.29) is 5.92 Å². The maximum absolute atomic E-state index is 10.1. The minimum Gasteiger partial charge on any atom is -0.479 e. The van der Waals surface area contributed by atoms with Crippen LogP contribution < -0.4 is 0 Å². The molecule has 0 spiro atoms. The van der Waals surface area contributed by atoms with Gasteiger partial charge in [0.05, 0.1) is 6.10 Å². The smallest absolute Gasteiger partial charge is 0.335 e. The lowest BCUT2D eigenvalue weighted by atomic mass is 10.1. The van der Waals surface area contributed by atoms with E-state index in [2.05, 4.69) is 0 Å². The molecule has 10 heavy (non-hydrogen) atoms. The van der Waals surface area contributed by atoms with Gasteiger partial charge in [0.1, 0.15) is 0 Å². The second kappa shape index (κ2) is 2.56. The van der Waals surface area contributed by atoms with Crippen LogP contribution in [0.5, 0.6) is 0 Å². The van der Waals surface area contributed by atoms with Crippen LogP contribution in [-0.4, -0.2) is 33.5 Å². The summed E-state index contributed by atoms with van der Waals surface area (Å²) in [5, 5.41) is 26.0. The number of carboxylic acid groups (broad SMARTS) is 1. The highest BCUT2D eigenvalue weighted by Crippen LogP contribution is 2.33. The Morgan fingerprint density at radius 2 is 1.90 bits per heavy atom. The van der Waals surface area contributed by atoms with Crippen molar-refractivity contribution in [3.63, 3.8) is 0 Å². The zero-order valence-electron chi connectivity index (χ0n) is 5.40. The molecule has 4 nitrogen and oxygen atoms in total. The van der Waals surface area contributed by atoms with Crippen molar-refractivity contribution in [2.75, 3.05) is 0 Å². The maximum Gasteiger partial charge on any atom is 0.335 e. The summed E-state index contributed by atoms with van der Waals surface area (Å²) in [4.78, 5) is 10.1. The number of aliphatic carboxylic acids is 1. The number of rotatable bonds is 3. The lowest BCUT2D eigenvalue weighted by Gasteiger charge is -2.11. The summed E-state index contributed by atoms with van der Waals surface area (Å²) in [7, 11) is 0. The van der Waals surface area contributed by atoms with Crippen molar-refractivity contribution in [2.45, 2.75) is 25.0 Å². The average molecular weight is 146 g/mol. The van der Waals surface area contributed by atoms with Crippen LogP contribution in [0, 0.1) is 5.92 Å². The summed E-state index contributed by atoms with van der Waals surface area (Å²) in [6.07, 6.45) is -1.03. The Morgan fingerprint density at radius 1 is 1.40 bits per heavy atom. The van der Waals surface area contributed by atoms with Gasteiger partial charge in [0.2, 0.25) is 0 Å². The van der Waals surface area contributed by atoms with Crippen LogP contribution in [-0.2, 0) is 4.79 Å². The van der Waals surface area contributed by atoms with E-state index in [0.717, 1.165) is 12.8 Å². The van der Waals surface area contributed by atoms with Gasteiger partial charge in [-0.1, -0.05) is 0 Å². The van der Waals surface area contributed by atoms with Crippen LogP contribution in [0.15, 0.2) is 0 Å². The first kappa shape index (κ1) is 7.50. The third-order valence-corrected chi connectivity index (χ3v) is 1.68. The van der Waals surface area contributed by atoms with Crippen molar-refractivity contribution >= 4 is 5.97 Å². The molecular weight excluding hydrogens is 136 g/mol. The number of carbonyl (C=O) groups is 1. The topological polar surface area (TPSA) is 77.8 Å². The van der Waals surface area contributed by atoms with Gasteiger partial charge in [0.25, 0.3) is 0 Å². The van der Waals surface area contributed by atoms with Crippen molar-refractivity contribution in [3.05, 3.63) is 0 Å². The van der Waals surface area contributed by atoms with E-state index >= 15 is 0 Å². The lowest BCUT2D eigenvalue weighted by Crippen LogP contribution is -2.35. The van der Waals surface area contributed by atoms with E-state index in [4.69, 9.17) is 15.3 Å². The SMILES string of the molecule is O=C(O)C(O)[C@@H](O)C1CC1. The van der Waals surface area contributed by atoms with Crippen LogP contribution in [0.1, 0.15) is 12.8 Å². The summed E-state index contributed by atoms with van der Waals surface area (Å²) in [6, 6.07) is 0. The zero-order valence-corrected chi connectivity index (χ0v) is 5.40. The van der Waals surface area contributed by atoms with E-state index < -0.39 is 18.2 Å². The molecule has 0 aromatic carbocycles. The predicted octanol–water partition coefficient (Wildman–Crippen LogP) is -0.797. The predicted molar refractivity (Wildman–Crippen MR) is 32.4 cm³/mol. The Morgan fingerprint density at radius 3 is 2.20 bits per heavy atom. The highest BCUT2D eigenvalue weighted by Gasteiger charge is 2.37. The lowest BCUT2D eigenvalue weighted by molar-refractivity contribution is -0.153. The molecule has 2 atom stereocenters. The normalized spacial score (nSPS) is 23.8. The number of carboxylic acids is 1. The Labute approximate surface area is 58.1 Å². The van der Waals surface area contributed by atoms with Crippen LogP contribution >= 0.6 is 0 Å². The molecular formula is C6H10O4. The summed E-state index contributed by atoms with van der Waals surface area (Å²) < 4.78 is 0. The third-order valence-electron chi connectivity index (χ3n) is 1.68. The molecule has 0 heterocycles. The quantitative estimate of drug-likeness (QED) is 0.487. The maximum atomic E-state index is 10.1. The Balaban J connectivity index is 2.38. The van der Waals surface area contributed by atoms with Crippen LogP contribution in [0.4, 0.5) is 0 Å². The molecule has 1 fully saturated rings. The number of aliphatic hydroxyl groups excluding tert-OH is 2. The van der Waals surface area contributed by atoms with E-state index in [1.807, 2.05) is 0 Å². The van der Waals surface area contributed by atoms with Gasteiger partial charge in [-0.25, -0.2) is 4.79 Å².